The fourth-order valence-corrected chi connectivity index (χ4v) is 1.88. The van der Waals surface area contributed by atoms with E-state index in [-0.39, 0.29) is 17.4 Å². The van der Waals surface area contributed by atoms with Crippen molar-refractivity contribution in [3.05, 3.63) is 47.5 Å². The van der Waals surface area contributed by atoms with E-state index in [4.69, 9.17) is 5.73 Å². The molecule has 0 aliphatic heterocycles. The highest BCUT2D eigenvalue weighted by molar-refractivity contribution is 5.91. The number of nitrogens with one attached hydrogen (secondary N) is 1. The van der Waals surface area contributed by atoms with Gasteiger partial charge in [0.15, 0.2) is 5.69 Å². The zero-order chi connectivity index (χ0) is 14.0. The first-order valence-corrected chi connectivity index (χ1v) is 5.86. The highest BCUT2D eigenvalue weighted by Crippen LogP contribution is 2.23. The van der Waals surface area contributed by atoms with Gasteiger partial charge < -0.3 is 11.1 Å². The number of hydrogen-bond donors (Lipinski definition) is 2. The highest BCUT2D eigenvalue weighted by Gasteiger charge is 2.15. The predicted molar refractivity (Wildman–Crippen MR) is 69.5 cm³/mol. The quantitative estimate of drug-likeness (QED) is 0.878. The first kappa shape index (κ1) is 13.2. The third-order valence-corrected chi connectivity index (χ3v) is 2.78. The average molecular weight is 262 g/mol. The number of nitrogens with two attached hydrogens (primary N) is 1. The summed E-state index contributed by atoms with van der Waals surface area (Å²) in [6.07, 6.45) is 1.60. The Kier molecular flexibility index (Phi) is 3.62. The molecule has 1 aromatic carbocycles. The van der Waals surface area contributed by atoms with E-state index in [0.29, 0.717) is 11.3 Å². The Labute approximate surface area is 110 Å². The number of carbonyl (C=O) groups is 1. The molecule has 100 valence electrons. The molecule has 2 rings (SSSR count). The fourth-order valence-electron chi connectivity index (χ4n) is 1.88. The molecule has 1 heterocycles. The predicted octanol–water partition coefficient (Wildman–Crippen LogP) is 1.39. The molecular formula is C13H15FN4O. The van der Waals surface area contributed by atoms with E-state index in [0.717, 1.165) is 0 Å². The monoisotopic (exact) mass is 262 g/mol. The Bertz CT molecular complexity index is 606. The first-order valence-electron chi connectivity index (χ1n) is 5.86. The topological polar surface area (TPSA) is 72.9 Å². The van der Waals surface area contributed by atoms with Crippen LogP contribution >= 0.6 is 0 Å². The van der Waals surface area contributed by atoms with Gasteiger partial charge >= 0.3 is 0 Å². The number of rotatable bonds is 3. The van der Waals surface area contributed by atoms with E-state index in [9.17, 15) is 9.18 Å². The summed E-state index contributed by atoms with van der Waals surface area (Å²) in [5.74, 6) is -0.679. The molecule has 5 nitrogen and oxygen atoms in total. The average Bonchev–Trinajstić information content (AvgIpc) is 2.86. The van der Waals surface area contributed by atoms with Crippen molar-refractivity contribution in [3.8, 4) is 5.69 Å². The normalized spacial score (nSPS) is 12.2. The minimum Gasteiger partial charge on any atom is -0.354 e. The van der Waals surface area contributed by atoms with Crippen LogP contribution in [0.2, 0.25) is 0 Å². The van der Waals surface area contributed by atoms with Gasteiger partial charge in [0.05, 0.1) is 5.69 Å². The van der Waals surface area contributed by atoms with Crippen LogP contribution < -0.4 is 11.1 Å². The van der Waals surface area contributed by atoms with E-state index in [1.165, 1.54) is 17.8 Å². The molecule has 1 atom stereocenters. The van der Waals surface area contributed by atoms with E-state index in [1.807, 2.05) is 0 Å². The maximum Gasteiger partial charge on any atom is 0.271 e. The Morgan fingerprint density at radius 3 is 2.84 bits per heavy atom. The molecule has 6 heteroatoms. The van der Waals surface area contributed by atoms with Crippen LogP contribution in [0.4, 0.5) is 4.39 Å². The van der Waals surface area contributed by atoms with Gasteiger partial charge in [-0.05, 0) is 25.1 Å². The summed E-state index contributed by atoms with van der Waals surface area (Å²) < 4.78 is 15.3. The summed E-state index contributed by atoms with van der Waals surface area (Å²) >= 11 is 0. The largest absolute Gasteiger partial charge is 0.354 e. The lowest BCUT2D eigenvalue weighted by molar-refractivity contribution is 0.0957. The third kappa shape index (κ3) is 2.48. The van der Waals surface area contributed by atoms with Gasteiger partial charge in [0.1, 0.15) is 5.82 Å². The fraction of sp³-hybridized carbons (Fsp3) is 0.231. The standard InChI is InChI=1S/C13H15FN4O/c1-8(15)12-9(14)4-3-5-11(12)18-7-6-10(17-18)13(19)16-2/h3-8H,15H2,1-2H3,(H,16,19). The van der Waals surface area contributed by atoms with Crippen LogP contribution in [0.15, 0.2) is 30.5 Å². The lowest BCUT2D eigenvalue weighted by atomic mass is 10.1. The van der Waals surface area contributed by atoms with Crippen molar-refractivity contribution in [1.82, 2.24) is 15.1 Å². The maximum absolute atomic E-state index is 13.8. The van der Waals surface area contributed by atoms with E-state index >= 15 is 0 Å². The zero-order valence-electron chi connectivity index (χ0n) is 10.7. The summed E-state index contributed by atoms with van der Waals surface area (Å²) in [5, 5.41) is 6.60. The number of benzene rings is 1. The van der Waals surface area contributed by atoms with Gasteiger partial charge in [-0.3, -0.25) is 4.79 Å². The van der Waals surface area contributed by atoms with Crippen LogP contribution in [-0.2, 0) is 0 Å². The smallest absolute Gasteiger partial charge is 0.271 e. The van der Waals surface area contributed by atoms with Crippen molar-refractivity contribution in [3.63, 3.8) is 0 Å². The number of halogens is 1. The van der Waals surface area contributed by atoms with Crippen LogP contribution in [0.1, 0.15) is 29.0 Å². The van der Waals surface area contributed by atoms with Crippen molar-refractivity contribution < 1.29 is 9.18 Å². The van der Waals surface area contributed by atoms with Gasteiger partial charge in [0, 0.05) is 24.8 Å². The minimum atomic E-state index is -0.469. The Balaban J connectivity index is 2.50. The van der Waals surface area contributed by atoms with Crippen LogP contribution in [0.25, 0.3) is 5.69 Å². The minimum absolute atomic E-state index is 0.266. The SMILES string of the molecule is CNC(=O)c1ccn(-c2cccc(F)c2C(C)N)n1. The lowest BCUT2D eigenvalue weighted by Gasteiger charge is -2.13. The molecule has 0 saturated carbocycles. The van der Waals surface area contributed by atoms with Crippen LogP contribution in [-0.4, -0.2) is 22.7 Å². The van der Waals surface area contributed by atoms with E-state index in [2.05, 4.69) is 10.4 Å². The number of nitrogens with zero attached hydrogens (tertiary/aromatic N) is 2. The summed E-state index contributed by atoms with van der Waals surface area (Å²) in [4.78, 5) is 11.5. The number of hydrogen-bond acceptors (Lipinski definition) is 3. The molecule has 0 fully saturated rings. The zero-order valence-corrected chi connectivity index (χ0v) is 10.7. The molecule has 1 aromatic heterocycles. The Morgan fingerprint density at radius 1 is 1.47 bits per heavy atom. The molecule has 19 heavy (non-hydrogen) atoms. The van der Waals surface area contributed by atoms with E-state index < -0.39 is 6.04 Å². The highest BCUT2D eigenvalue weighted by atomic mass is 19.1. The van der Waals surface area contributed by atoms with Crippen LogP contribution in [0.3, 0.4) is 0 Å². The molecule has 0 saturated heterocycles. The van der Waals surface area contributed by atoms with Gasteiger partial charge in [-0.2, -0.15) is 5.10 Å². The number of carbonyl (C=O) groups excluding carboxylic acids is 1. The van der Waals surface area contributed by atoms with Crippen molar-refractivity contribution in [2.45, 2.75) is 13.0 Å². The first-order chi connectivity index (χ1) is 9.04. The second-order valence-corrected chi connectivity index (χ2v) is 4.19. The van der Waals surface area contributed by atoms with Gasteiger partial charge in [-0.1, -0.05) is 6.07 Å². The molecule has 0 bridgehead atoms. The molecule has 0 radical (unpaired) electrons. The second kappa shape index (κ2) is 5.19. The van der Waals surface area contributed by atoms with Crippen molar-refractivity contribution in [2.75, 3.05) is 7.05 Å². The maximum atomic E-state index is 13.8. The van der Waals surface area contributed by atoms with Gasteiger partial charge in [0.25, 0.3) is 5.91 Å². The van der Waals surface area contributed by atoms with Crippen molar-refractivity contribution in [1.29, 1.82) is 0 Å². The second-order valence-electron chi connectivity index (χ2n) is 4.19. The van der Waals surface area contributed by atoms with Crippen LogP contribution in [0.5, 0.6) is 0 Å². The van der Waals surface area contributed by atoms with Gasteiger partial charge in [-0.15, -0.1) is 0 Å². The molecular weight excluding hydrogens is 247 g/mol. The molecule has 0 spiro atoms. The van der Waals surface area contributed by atoms with Crippen LogP contribution in [0, 0.1) is 5.82 Å². The summed E-state index contributed by atoms with van der Waals surface area (Å²) in [5.41, 5.74) is 6.95. The molecule has 3 N–H and O–H groups in total. The molecule has 1 amide bonds. The Hall–Kier alpha value is -2.21. The third-order valence-electron chi connectivity index (χ3n) is 2.78. The number of aromatic nitrogens is 2. The molecule has 2 aromatic rings. The van der Waals surface area contributed by atoms with Gasteiger partial charge in [-0.25, -0.2) is 9.07 Å². The summed E-state index contributed by atoms with van der Waals surface area (Å²) in [6.45, 7) is 1.70. The lowest BCUT2D eigenvalue weighted by Crippen LogP contribution is -2.19. The van der Waals surface area contributed by atoms with Crippen molar-refractivity contribution >= 4 is 5.91 Å². The van der Waals surface area contributed by atoms with Gasteiger partial charge in [0.2, 0.25) is 0 Å². The Morgan fingerprint density at radius 2 is 2.21 bits per heavy atom. The van der Waals surface area contributed by atoms with Crippen molar-refractivity contribution in [2.24, 2.45) is 5.73 Å². The molecule has 0 aliphatic carbocycles. The molecule has 0 aliphatic rings. The van der Waals surface area contributed by atoms with E-state index in [1.54, 1.807) is 31.3 Å². The molecule has 1 unspecified atom stereocenters. The number of amides is 1. The summed E-state index contributed by atoms with van der Waals surface area (Å²) in [6, 6.07) is 5.74. The summed E-state index contributed by atoms with van der Waals surface area (Å²) in [7, 11) is 1.52.